The molecule has 0 unspecified atom stereocenters. The van der Waals surface area contributed by atoms with Gasteiger partial charge in [-0.15, -0.1) is 5.10 Å². The molecule has 4 nitrogen and oxygen atoms in total. The smallest absolute Gasteiger partial charge is 0.231 e. The van der Waals surface area contributed by atoms with Gasteiger partial charge in [0.05, 0.1) is 0 Å². The van der Waals surface area contributed by atoms with Crippen molar-refractivity contribution in [2.24, 2.45) is 7.05 Å². The molecule has 0 saturated heterocycles. The molecule has 1 aromatic heterocycles. The second-order valence-corrected chi connectivity index (χ2v) is 1.62. The number of aromatic hydroxyl groups is 1. The molecule has 0 atom stereocenters. The summed E-state index contributed by atoms with van der Waals surface area (Å²) in [7, 11) is 1.60. The topological polar surface area (TPSA) is 61.8 Å². The van der Waals surface area contributed by atoms with Crippen molar-refractivity contribution in [3.63, 3.8) is 0 Å². The van der Waals surface area contributed by atoms with Crippen LogP contribution in [0.1, 0.15) is 5.69 Å². The van der Waals surface area contributed by atoms with Gasteiger partial charge in [-0.2, -0.15) is 5.26 Å². The third-order valence-corrected chi connectivity index (χ3v) is 0.981. The Kier molecular flexibility index (Phi) is 1.12. The van der Waals surface area contributed by atoms with Gasteiger partial charge in [-0.3, -0.25) is 4.68 Å². The highest BCUT2D eigenvalue weighted by atomic mass is 16.3. The molecule has 46 valence electrons. The van der Waals surface area contributed by atoms with Gasteiger partial charge in [0, 0.05) is 13.1 Å². The molecule has 0 aliphatic heterocycles. The van der Waals surface area contributed by atoms with Crippen LogP contribution in [0.4, 0.5) is 0 Å². The summed E-state index contributed by atoms with van der Waals surface area (Å²) in [6.45, 7) is 0. The summed E-state index contributed by atoms with van der Waals surface area (Å²) in [6, 6.07) is 3.16. The average Bonchev–Trinajstić information content (AvgIpc) is 2.10. The van der Waals surface area contributed by atoms with E-state index < -0.39 is 0 Å². The maximum atomic E-state index is 8.68. The van der Waals surface area contributed by atoms with Crippen LogP contribution in [0.3, 0.4) is 0 Å². The minimum absolute atomic E-state index is 0.117. The number of rotatable bonds is 0. The molecule has 1 rings (SSSR count). The van der Waals surface area contributed by atoms with Crippen LogP contribution in [0.25, 0.3) is 0 Å². The molecule has 0 spiro atoms. The summed E-state index contributed by atoms with van der Waals surface area (Å²) in [4.78, 5) is 0. The predicted octanol–water partition coefficient (Wildman–Crippen LogP) is -0.00262. The van der Waals surface area contributed by atoms with Crippen molar-refractivity contribution >= 4 is 0 Å². The van der Waals surface area contributed by atoms with Crippen LogP contribution in [0.15, 0.2) is 6.07 Å². The molecular formula is C5H5N3O. The molecule has 0 radical (unpaired) electrons. The zero-order chi connectivity index (χ0) is 6.85. The fraction of sp³-hybridized carbons (Fsp3) is 0.200. The average molecular weight is 123 g/mol. The first-order valence-electron chi connectivity index (χ1n) is 2.37. The molecular weight excluding hydrogens is 118 g/mol. The molecule has 9 heavy (non-hydrogen) atoms. The molecule has 0 fully saturated rings. The molecule has 0 amide bonds. The molecule has 4 heteroatoms. The molecule has 1 heterocycles. The standard InChI is InChI=1S/C5H5N3O/c1-8-4(3-6)2-5(9)7-8/h2H,1H3,(H,7,9). The van der Waals surface area contributed by atoms with Crippen LogP contribution in [0, 0.1) is 11.3 Å². The van der Waals surface area contributed by atoms with Crippen LogP contribution < -0.4 is 0 Å². The Hall–Kier alpha value is -1.50. The first kappa shape index (κ1) is 5.63. The fourth-order valence-electron chi connectivity index (χ4n) is 0.557. The second-order valence-electron chi connectivity index (χ2n) is 1.62. The second kappa shape index (κ2) is 1.78. The van der Waals surface area contributed by atoms with Gasteiger partial charge in [-0.05, 0) is 0 Å². The molecule has 0 bridgehead atoms. The number of aryl methyl sites for hydroxylation is 1. The minimum Gasteiger partial charge on any atom is -0.492 e. The van der Waals surface area contributed by atoms with Crippen molar-refractivity contribution < 1.29 is 5.11 Å². The van der Waals surface area contributed by atoms with Gasteiger partial charge in [-0.25, -0.2) is 0 Å². The van der Waals surface area contributed by atoms with Gasteiger partial charge < -0.3 is 5.11 Å². The number of nitrogens with zero attached hydrogens (tertiary/aromatic N) is 3. The van der Waals surface area contributed by atoms with Gasteiger partial charge in [0.2, 0.25) is 5.88 Å². The van der Waals surface area contributed by atoms with Crippen molar-refractivity contribution in [1.29, 1.82) is 5.26 Å². The van der Waals surface area contributed by atoms with E-state index in [0.29, 0.717) is 5.69 Å². The minimum atomic E-state index is -0.117. The fourth-order valence-corrected chi connectivity index (χ4v) is 0.557. The lowest BCUT2D eigenvalue weighted by atomic mass is 10.5. The van der Waals surface area contributed by atoms with E-state index in [0.717, 1.165) is 0 Å². The Labute approximate surface area is 52.0 Å². The zero-order valence-electron chi connectivity index (χ0n) is 4.87. The number of aromatic nitrogens is 2. The lowest BCUT2D eigenvalue weighted by Crippen LogP contribution is -1.92. The number of nitriles is 1. The number of hydrogen-bond donors (Lipinski definition) is 1. The molecule has 0 aromatic carbocycles. The van der Waals surface area contributed by atoms with Crippen LogP contribution in [0.5, 0.6) is 5.88 Å². The lowest BCUT2D eigenvalue weighted by molar-refractivity contribution is 0.444. The molecule has 0 aliphatic rings. The van der Waals surface area contributed by atoms with Crippen molar-refractivity contribution in [3.05, 3.63) is 11.8 Å². The normalized spacial score (nSPS) is 8.89. The van der Waals surface area contributed by atoms with Gasteiger partial charge in [0.25, 0.3) is 0 Å². The highest BCUT2D eigenvalue weighted by Crippen LogP contribution is 2.05. The highest BCUT2D eigenvalue weighted by molar-refractivity contribution is 5.25. The van der Waals surface area contributed by atoms with E-state index in [1.165, 1.54) is 10.7 Å². The summed E-state index contributed by atoms with van der Waals surface area (Å²) >= 11 is 0. The van der Waals surface area contributed by atoms with E-state index in [-0.39, 0.29) is 5.88 Å². The summed E-state index contributed by atoms with van der Waals surface area (Å²) in [6.07, 6.45) is 0. The van der Waals surface area contributed by atoms with Gasteiger partial charge in [0.1, 0.15) is 11.8 Å². The molecule has 0 aliphatic carbocycles. The highest BCUT2D eigenvalue weighted by Gasteiger charge is 1.99. The Morgan fingerprint density at radius 2 is 2.56 bits per heavy atom. The first-order valence-corrected chi connectivity index (χ1v) is 2.37. The largest absolute Gasteiger partial charge is 0.492 e. The summed E-state index contributed by atoms with van der Waals surface area (Å²) in [5, 5.41) is 20.5. The van der Waals surface area contributed by atoms with E-state index >= 15 is 0 Å². The molecule has 0 saturated carbocycles. The Morgan fingerprint density at radius 1 is 1.89 bits per heavy atom. The Morgan fingerprint density at radius 3 is 2.78 bits per heavy atom. The van der Waals surface area contributed by atoms with E-state index in [1.807, 2.05) is 6.07 Å². The zero-order valence-corrected chi connectivity index (χ0v) is 4.87. The van der Waals surface area contributed by atoms with Crippen LogP contribution >= 0.6 is 0 Å². The van der Waals surface area contributed by atoms with Crippen molar-refractivity contribution in [1.82, 2.24) is 9.78 Å². The molecule has 1 N–H and O–H groups in total. The van der Waals surface area contributed by atoms with Crippen LogP contribution in [-0.4, -0.2) is 14.9 Å². The quantitative estimate of drug-likeness (QED) is 0.528. The predicted molar refractivity (Wildman–Crippen MR) is 29.6 cm³/mol. The van der Waals surface area contributed by atoms with Crippen molar-refractivity contribution in [3.8, 4) is 11.9 Å². The Bertz CT molecular complexity index is 258. The van der Waals surface area contributed by atoms with Crippen LogP contribution in [0.2, 0.25) is 0 Å². The lowest BCUT2D eigenvalue weighted by Gasteiger charge is -1.84. The summed E-state index contributed by atoms with van der Waals surface area (Å²) in [5.74, 6) is -0.117. The van der Waals surface area contributed by atoms with Crippen LogP contribution in [-0.2, 0) is 7.05 Å². The first-order chi connectivity index (χ1) is 4.24. The van der Waals surface area contributed by atoms with E-state index in [1.54, 1.807) is 7.05 Å². The summed E-state index contributed by atoms with van der Waals surface area (Å²) < 4.78 is 1.31. The number of hydrogen-bond acceptors (Lipinski definition) is 3. The van der Waals surface area contributed by atoms with Crippen molar-refractivity contribution in [2.75, 3.05) is 0 Å². The third kappa shape index (κ3) is 0.842. The van der Waals surface area contributed by atoms with Crippen molar-refractivity contribution in [2.45, 2.75) is 0 Å². The molecule has 1 aromatic rings. The van der Waals surface area contributed by atoms with Gasteiger partial charge in [-0.1, -0.05) is 0 Å². The summed E-state index contributed by atoms with van der Waals surface area (Å²) in [5.41, 5.74) is 0.354. The van der Waals surface area contributed by atoms with E-state index in [4.69, 9.17) is 10.4 Å². The third-order valence-electron chi connectivity index (χ3n) is 0.981. The maximum absolute atomic E-state index is 8.68. The van der Waals surface area contributed by atoms with Gasteiger partial charge in [0.15, 0.2) is 0 Å². The Balaban J connectivity index is 3.20. The maximum Gasteiger partial charge on any atom is 0.231 e. The van der Waals surface area contributed by atoms with E-state index in [9.17, 15) is 0 Å². The van der Waals surface area contributed by atoms with Gasteiger partial charge >= 0.3 is 0 Å². The monoisotopic (exact) mass is 123 g/mol. The van der Waals surface area contributed by atoms with E-state index in [2.05, 4.69) is 5.10 Å². The SMILES string of the molecule is Cn1nc(O)cc1C#N.